The summed E-state index contributed by atoms with van der Waals surface area (Å²) in [6.45, 7) is 5.47. The Labute approximate surface area is 205 Å². The number of rotatable bonds is 8. The molecule has 0 aliphatic carbocycles. The summed E-state index contributed by atoms with van der Waals surface area (Å²) in [4.78, 5) is 54.9. The molecule has 3 amide bonds. The number of carbonyl (C=O) groups excluding carboxylic acids is 3. The van der Waals surface area contributed by atoms with Gasteiger partial charge in [0.15, 0.2) is 5.57 Å². The van der Waals surface area contributed by atoms with Crippen LogP contribution in [0.2, 0.25) is 0 Å². The standard InChI is InChI=1S/C22H26N8O4S/c1-3-24-20(33)14(10-23)22-30(4-2)21(34)15(35-22)11-26-16-6-5-7-17(27-16)28-19(32)13-29-9-8-25-18(31)12-29/h5-7,11H,3-4,8-9,12-13H2,1-2H3,(H,24,33)(H,25,31)(H2,26,27,28,32). The molecule has 184 valence electrons. The van der Waals surface area contributed by atoms with E-state index in [2.05, 4.69) is 26.3 Å². The van der Waals surface area contributed by atoms with Crippen molar-refractivity contribution in [2.75, 3.05) is 43.4 Å². The first kappa shape index (κ1) is 25.6. The first-order valence-electron chi connectivity index (χ1n) is 11.0. The van der Waals surface area contributed by atoms with Crippen LogP contribution in [0.25, 0.3) is 11.8 Å². The molecule has 12 nitrogen and oxygen atoms in total. The number of nitriles is 1. The molecule has 1 aliphatic rings. The highest BCUT2D eigenvalue weighted by Crippen LogP contribution is 2.09. The number of carbonyl (C=O) groups is 3. The van der Waals surface area contributed by atoms with Crippen LogP contribution >= 0.6 is 11.3 Å². The van der Waals surface area contributed by atoms with Gasteiger partial charge in [-0.2, -0.15) is 5.26 Å². The van der Waals surface area contributed by atoms with E-state index in [0.717, 1.165) is 11.3 Å². The molecular weight excluding hydrogens is 472 g/mol. The fourth-order valence-electron chi connectivity index (χ4n) is 3.37. The fourth-order valence-corrected chi connectivity index (χ4v) is 4.46. The highest BCUT2D eigenvalue weighted by atomic mass is 32.1. The summed E-state index contributed by atoms with van der Waals surface area (Å²) in [5.74, 6) is -0.261. The zero-order valence-electron chi connectivity index (χ0n) is 19.4. The molecule has 1 aliphatic heterocycles. The fraction of sp³-hybridized carbons (Fsp3) is 0.364. The van der Waals surface area contributed by atoms with E-state index in [0.29, 0.717) is 42.3 Å². The van der Waals surface area contributed by atoms with Crippen molar-refractivity contribution in [3.05, 3.63) is 37.7 Å². The van der Waals surface area contributed by atoms with Crippen molar-refractivity contribution in [2.24, 2.45) is 0 Å². The SMILES string of the molecule is CCNC(=O)C(C#N)=c1sc(=CNc2cccc(NC(=O)CN3CCNC(=O)C3)n2)c(=O)n1CC. The molecule has 3 heterocycles. The first-order chi connectivity index (χ1) is 16.9. The zero-order valence-corrected chi connectivity index (χ0v) is 20.2. The normalized spacial score (nSPS) is 15.1. The van der Waals surface area contributed by atoms with Gasteiger partial charge in [-0.1, -0.05) is 6.07 Å². The lowest BCUT2D eigenvalue weighted by Gasteiger charge is -2.25. The Morgan fingerprint density at radius 1 is 1.29 bits per heavy atom. The van der Waals surface area contributed by atoms with Crippen LogP contribution in [0.5, 0.6) is 0 Å². The van der Waals surface area contributed by atoms with E-state index >= 15 is 0 Å². The Morgan fingerprint density at radius 3 is 2.74 bits per heavy atom. The van der Waals surface area contributed by atoms with Crippen LogP contribution in [0.3, 0.4) is 0 Å². The van der Waals surface area contributed by atoms with Crippen molar-refractivity contribution >= 4 is 52.5 Å². The third kappa shape index (κ3) is 6.52. The van der Waals surface area contributed by atoms with Gasteiger partial charge < -0.3 is 21.3 Å². The van der Waals surface area contributed by atoms with Crippen molar-refractivity contribution in [3.8, 4) is 6.07 Å². The maximum atomic E-state index is 12.8. The maximum Gasteiger partial charge on any atom is 0.270 e. The second kappa shape index (κ2) is 11.9. The van der Waals surface area contributed by atoms with Crippen molar-refractivity contribution in [2.45, 2.75) is 20.4 Å². The second-order valence-corrected chi connectivity index (χ2v) is 8.50. The highest BCUT2D eigenvalue weighted by molar-refractivity contribution is 7.07. The van der Waals surface area contributed by atoms with E-state index in [1.165, 1.54) is 10.8 Å². The van der Waals surface area contributed by atoms with Gasteiger partial charge in [-0.25, -0.2) is 4.98 Å². The molecule has 0 unspecified atom stereocenters. The minimum atomic E-state index is -0.534. The van der Waals surface area contributed by atoms with Gasteiger partial charge in [0, 0.05) is 32.4 Å². The number of amides is 3. The molecule has 35 heavy (non-hydrogen) atoms. The summed E-state index contributed by atoms with van der Waals surface area (Å²) >= 11 is 1.03. The largest absolute Gasteiger partial charge is 0.354 e. The van der Waals surface area contributed by atoms with E-state index in [4.69, 9.17) is 0 Å². The van der Waals surface area contributed by atoms with Gasteiger partial charge in [0.05, 0.1) is 13.1 Å². The number of anilines is 2. The summed E-state index contributed by atoms with van der Waals surface area (Å²) in [5, 5.41) is 20.4. The molecule has 0 aromatic carbocycles. The van der Waals surface area contributed by atoms with Gasteiger partial charge in [-0.15, -0.1) is 11.3 Å². The molecule has 2 aromatic heterocycles. The van der Waals surface area contributed by atoms with Crippen LogP contribution in [0, 0.1) is 11.3 Å². The van der Waals surface area contributed by atoms with Crippen molar-refractivity contribution < 1.29 is 14.4 Å². The predicted octanol–water partition coefficient (Wildman–Crippen LogP) is -1.64. The molecule has 3 rings (SSSR count). The van der Waals surface area contributed by atoms with E-state index in [1.54, 1.807) is 36.9 Å². The quantitative estimate of drug-likeness (QED) is 0.337. The minimum absolute atomic E-state index is 0.0662. The van der Waals surface area contributed by atoms with E-state index in [-0.39, 0.29) is 40.7 Å². The van der Waals surface area contributed by atoms with Gasteiger partial charge in [0.1, 0.15) is 26.9 Å². The first-order valence-corrected chi connectivity index (χ1v) is 11.8. The van der Waals surface area contributed by atoms with Gasteiger partial charge in [-0.05, 0) is 26.0 Å². The second-order valence-electron chi connectivity index (χ2n) is 7.47. The molecule has 1 fully saturated rings. The van der Waals surface area contributed by atoms with Crippen LogP contribution in [0.1, 0.15) is 13.8 Å². The Balaban J connectivity index is 1.79. The Morgan fingerprint density at radius 2 is 2.06 bits per heavy atom. The lowest BCUT2D eigenvalue weighted by molar-refractivity contribution is -0.125. The van der Waals surface area contributed by atoms with Crippen LogP contribution < -0.4 is 36.0 Å². The zero-order chi connectivity index (χ0) is 25.4. The number of nitrogens with zero attached hydrogens (tertiary/aromatic N) is 4. The third-order valence-electron chi connectivity index (χ3n) is 4.97. The third-order valence-corrected chi connectivity index (χ3v) is 6.10. The Kier molecular flexibility index (Phi) is 8.71. The van der Waals surface area contributed by atoms with Crippen molar-refractivity contribution in [3.63, 3.8) is 0 Å². The Hall–Kier alpha value is -4.02. The summed E-state index contributed by atoms with van der Waals surface area (Å²) < 4.78 is 1.94. The molecule has 0 atom stereocenters. The number of hydrogen-bond donors (Lipinski definition) is 4. The number of nitrogens with one attached hydrogen (secondary N) is 4. The van der Waals surface area contributed by atoms with Gasteiger partial charge >= 0.3 is 0 Å². The van der Waals surface area contributed by atoms with Gasteiger partial charge in [0.2, 0.25) is 11.8 Å². The number of thiazole rings is 1. The minimum Gasteiger partial charge on any atom is -0.354 e. The monoisotopic (exact) mass is 498 g/mol. The molecule has 1 saturated heterocycles. The average molecular weight is 499 g/mol. The van der Waals surface area contributed by atoms with Crippen LogP contribution in [0.4, 0.5) is 11.6 Å². The van der Waals surface area contributed by atoms with Crippen LogP contribution in [0.15, 0.2) is 23.0 Å². The molecule has 2 aromatic rings. The molecule has 4 N–H and O–H groups in total. The Bertz CT molecular complexity index is 1340. The molecule has 0 bridgehead atoms. The molecule has 0 radical (unpaired) electrons. The van der Waals surface area contributed by atoms with E-state index < -0.39 is 5.91 Å². The lowest BCUT2D eigenvalue weighted by Crippen LogP contribution is -2.49. The molecule has 13 heteroatoms. The summed E-state index contributed by atoms with van der Waals surface area (Å²) in [5.41, 5.74) is -0.462. The summed E-state index contributed by atoms with van der Waals surface area (Å²) in [7, 11) is 0. The van der Waals surface area contributed by atoms with Gasteiger partial charge in [0.25, 0.3) is 11.5 Å². The van der Waals surface area contributed by atoms with Gasteiger partial charge in [-0.3, -0.25) is 28.6 Å². The highest BCUT2D eigenvalue weighted by Gasteiger charge is 2.19. The van der Waals surface area contributed by atoms with E-state index in [9.17, 15) is 24.4 Å². The number of hydrogen-bond acceptors (Lipinski definition) is 9. The number of pyridine rings is 1. The molecule has 0 saturated carbocycles. The van der Waals surface area contributed by atoms with E-state index in [1.807, 2.05) is 6.07 Å². The summed E-state index contributed by atoms with van der Waals surface area (Å²) in [6.07, 6.45) is 1.45. The molecule has 0 spiro atoms. The smallest absolute Gasteiger partial charge is 0.270 e. The maximum absolute atomic E-state index is 12.8. The topological polar surface area (TPSA) is 161 Å². The lowest BCUT2D eigenvalue weighted by atomic mass is 10.3. The average Bonchev–Trinajstić information content (AvgIpc) is 3.13. The summed E-state index contributed by atoms with van der Waals surface area (Å²) in [6, 6.07) is 6.87. The van der Waals surface area contributed by atoms with Crippen molar-refractivity contribution in [1.82, 2.24) is 25.1 Å². The van der Waals surface area contributed by atoms with Crippen molar-refractivity contribution in [1.29, 1.82) is 5.26 Å². The number of aromatic nitrogens is 2. The number of piperazine rings is 1. The van der Waals surface area contributed by atoms with Crippen LogP contribution in [-0.2, 0) is 20.9 Å². The predicted molar refractivity (Wildman–Crippen MR) is 132 cm³/mol. The van der Waals surface area contributed by atoms with Crippen LogP contribution in [-0.4, -0.2) is 64.9 Å². The molecular formula is C22H26N8O4S.